The van der Waals surface area contributed by atoms with E-state index in [1.54, 1.807) is 25.1 Å². The van der Waals surface area contributed by atoms with Crippen LogP contribution < -0.4 is 5.32 Å². The van der Waals surface area contributed by atoms with Crippen molar-refractivity contribution in [3.05, 3.63) is 45.8 Å². The van der Waals surface area contributed by atoms with E-state index >= 15 is 0 Å². The van der Waals surface area contributed by atoms with Crippen LogP contribution in [0.25, 0.3) is 11.5 Å². The summed E-state index contributed by atoms with van der Waals surface area (Å²) in [6.45, 7) is 3.80. The normalized spacial score (nSPS) is 13.7. The highest BCUT2D eigenvalue weighted by molar-refractivity contribution is 7.91. The van der Waals surface area contributed by atoms with Crippen LogP contribution in [0, 0.1) is 6.92 Å². The van der Waals surface area contributed by atoms with Crippen molar-refractivity contribution >= 4 is 38.1 Å². The number of benzene rings is 1. The van der Waals surface area contributed by atoms with Crippen LogP contribution in [0.1, 0.15) is 52.5 Å². The van der Waals surface area contributed by atoms with E-state index in [0.717, 1.165) is 48.1 Å². The first kappa shape index (κ1) is 24.1. The smallest absolute Gasteiger partial charge is 0.341 e. The van der Waals surface area contributed by atoms with Crippen LogP contribution in [0.5, 0.6) is 0 Å². The quantitative estimate of drug-likeness (QED) is 0.379. The van der Waals surface area contributed by atoms with E-state index in [1.807, 2.05) is 13.0 Å². The van der Waals surface area contributed by atoms with Gasteiger partial charge in [0, 0.05) is 10.4 Å². The van der Waals surface area contributed by atoms with E-state index in [4.69, 9.17) is 9.15 Å². The van der Waals surface area contributed by atoms with Crippen LogP contribution in [0.4, 0.5) is 5.00 Å². The molecule has 0 saturated carbocycles. The number of rotatable bonds is 7. The van der Waals surface area contributed by atoms with Crippen LogP contribution in [0.3, 0.4) is 0 Å². The number of carbonyl (C=O) groups excluding carboxylic acids is 2. The van der Waals surface area contributed by atoms with Crippen LogP contribution in [0.15, 0.2) is 33.9 Å². The van der Waals surface area contributed by atoms with Gasteiger partial charge in [-0.1, -0.05) is 29.2 Å². The number of hydrogen-bond donors (Lipinski definition) is 1. The monoisotopic (exact) mass is 503 g/mol. The summed E-state index contributed by atoms with van der Waals surface area (Å²) in [7, 11) is -4.19. The van der Waals surface area contributed by atoms with Crippen molar-refractivity contribution in [1.82, 2.24) is 10.2 Å². The van der Waals surface area contributed by atoms with Gasteiger partial charge in [0.05, 0.1) is 12.2 Å². The Morgan fingerprint density at radius 2 is 1.97 bits per heavy atom. The Bertz CT molecular complexity index is 1330. The van der Waals surface area contributed by atoms with Crippen molar-refractivity contribution in [3.8, 4) is 11.5 Å². The van der Waals surface area contributed by atoms with Crippen molar-refractivity contribution in [3.63, 3.8) is 0 Å². The maximum Gasteiger partial charge on any atom is 0.341 e. The fourth-order valence-electron chi connectivity index (χ4n) is 3.88. The molecule has 1 N–H and O–H groups in total. The van der Waals surface area contributed by atoms with E-state index in [9.17, 15) is 18.0 Å². The second-order valence-corrected chi connectivity index (χ2v) is 11.0. The molecule has 0 aliphatic heterocycles. The van der Waals surface area contributed by atoms with Crippen molar-refractivity contribution in [2.75, 3.05) is 17.7 Å². The molecular weight excluding hydrogens is 478 g/mol. The van der Waals surface area contributed by atoms with Gasteiger partial charge in [0.15, 0.2) is 0 Å². The molecule has 0 bridgehead atoms. The lowest BCUT2D eigenvalue weighted by Crippen LogP contribution is -2.24. The highest BCUT2D eigenvalue weighted by Crippen LogP contribution is 2.38. The van der Waals surface area contributed by atoms with Gasteiger partial charge in [0.25, 0.3) is 0 Å². The number of hydrogen-bond acceptors (Lipinski definition) is 9. The summed E-state index contributed by atoms with van der Waals surface area (Å²) < 4.78 is 36.1. The van der Waals surface area contributed by atoms with E-state index in [-0.39, 0.29) is 12.5 Å². The molecule has 3 aromatic rings. The van der Waals surface area contributed by atoms with Crippen LogP contribution in [-0.4, -0.2) is 42.9 Å². The van der Waals surface area contributed by atoms with Crippen molar-refractivity contribution < 1.29 is 27.2 Å². The zero-order valence-electron chi connectivity index (χ0n) is 18.9. The van der Waals surface area contributed by atoms with Crippen LogP contribution >= 0.6 is 11.3 Å². The predicted molar refractivity (Wildman–Crippen MR) is 127 cm³/mol. The third kappa shape index (κ3) is 5.20. The Hall–Kier alpha value is -3.05. The Balaban J connectivity index is 1.54. The number of thiophene rings is 1. The number of carbonyl (C=O) groups is 2. The minimum Gasteiger partial charge on any atom is -0.462 e. The summed E-state index contributed by atoms with van der Waals surface area (Å²) in [5, 5.41) is 9.73. The number of fused-ring (bicyclic) bond motifs is 1. The van der Waals surface area contributed by atoms with E-state index in [2.05, 4.69) is 15.5 Å². The second kappa shape index (κ2) is 10.1. The summed E-state index contributed by atoms with van der Waals surface area (Å²) >= 11 is 1.30. The topological polar surface area (TPSA) is 128 Å². The molecule has 1 aliphatic rings. The third-order valence-electron chi connectivity index (χ3n) is 5.41. The SMILES string of the molecule is CCOC(=O)c1c(NC(=O)CS(=O)(=O)c2nnc(-c3cccc(C)c3)o2)sc2c1CCCCC2. The Labute approximate surface area is 201 Å². The van der Waals surface area contributed by atoms with Crippen molar-refractivity contribution in [2.45, 2.75) is 51.2 Å². The molecule has 0 spiro atoms. The molecular formula is C23H25N3O6S2. The zero-order valence-corrected chi connectivity index (χ0v) is 20.6. The third-order valence-corrected chi connectivity index (χ3v) is 7.96. The number of ether oxygens (including phenoxy) is 1. The number of anilines is 1. The number of aromatic nitrogens is 2. The summed E-state index contributed by atoms with van der Waals surface area (Å²) in [4.78, 5) is 26.4. The molecule has 180 valence electrons. The summed E-state index contributed by atoms with van der Waals surface area (Å²) in [6.07, 6.45) is 4.54. The molecule has 1 amide bonds. The first-order chi connectivity index (χ1) is 16.3. The molecule has 2 heterocycles. The fourth-order valence-corrected chi connectivity index (χ4v) is 6.08. The molecule has 0 fully saturated rings. The molecule has 1 aliphatic carbocycles. The molecule has 34 heavy (non-hydrogen) atoms. The lowest BCUT2D eigenvalue weighted by atomic mass is 10.1. The van der Waals surface area contributed by atoms with Gasteiger partial charge < -0.3 is 14.5 Å². The number of nitrogens with one attached hydrogen (secondary N) is 1. The molecule has 2 aromatic heterocycles. The maximum absolute atomic E-state index is 12.8. The molecule has 1 aromatic carbocycles. The highest BCUT2D eigenvalue weighted by Gasteiger charge is 2.30. The zero-order chi connectivity index (χ0) is 24.3. The van der Waals surface area contributed by atoms with E-state index < -0.39 is 32.7 Å². The summed E-state index contributed by atoms with van der Waals surface area (Å²) in [5.41, 5.74) is 2.75. The van der Waals surface area contributed by atoms with Crippen molar-refractivity contribution in [2.24, 2.45) is 0 Å². The predicted octanol–water partition coefficient (Wildman–Crippen LogP) is 3.96. The maximum atomic E-state index is 12.8. The van der Waals surface area contributed by atoms with Gasteiger partial charge in [0.2, 0.25) is 21.6 Å². The van der Waals surface area contributed by atoms with Gasteiger partial charge in [-0.15, -0.1) is 16.4 Å². The van der Waals surface area contributed by atoms with Gasteiger partial charge in [-0.3, -0.25) is 4.79 Å². The van der Waals surface area contributed by atoms with Crippen molar-refractivity contribution in [1.29, 1.82) is 0 Å². The minimum absolute atomic E-state index is 0.0503. The van der Waals surface area contributed by atoms with Gasteiger partial charge >= 0.3 is 11.2 Å². The lowest BCUT2D eigenvalue weighted by molar-refractivity contribution is -0.113. The average Bonchev–Trinajstić information content (AvgIpc) is 3.34. The number of sulfone groups is 1. The molecule has 0 atom stereocenters. The van der Waals surface area contributed by atoms with Gasteiger partial charge in [-0.05, 0) is 57.2 Å². The Kier molecular flexibility index (Phi) is 7.13. The van der Waals surface area contributed by atoms with Gasteiger partial charge in [-0.25, -0.2) is 13.2 Å². The lowest BCUT2D eigenvalue weighted by Gasteiger charge is -2.08. The molecule has 9 nitrogen and oxygen atoms in total. The Morgan fingerprint density at radius 1 is 1.18 bits per heavy atom. The Morgan fingerprint density at radius 3 is 2.74 bits per heavy atom. The number of esters is 1. The first-order valence-electron chi connectivity index (χ1n) is 11.0. The summed E-state index contributed by atoms with van der Waals surface area (Å²) in [6, 6.07) is 7.19. The molecule has 0 radical (unpaired) electrons. The van der Waals surface area contributed by atoms with Crippen LogP contribution in [0.2, 0.25) is 0 Å². The standard InChI is InChI=1S/C23H25N3O6S2/c1-3-31-22(28)19-16-10-5-4-6-11-17(16)33-21(19)24-18(27)13-34(29,30)23-26-25-20(32-23)15-9-7-8-14(2)12-15/h7-9,12H,3-6,10-11,13H2,1-2H3,(H,24,27). The minimum atomic E-state index is -4.19. The van der Waals surface area contributed by atoms with E-state index in [0.29, 0.717) is 16.1 Å². The van der Waals surface area contributed by atoms with Gasteiger partial charge in [0.1, 0.15) is 10.8 Å². The second-order valence-electron chi connectivity index (χ2n) is 8.04. The number of aryl methyl sites for hydroxylation is 2. The molecule has 0 saturated heterocycles. The first-order valence-corrected chi connectivity index (χ1v) is 13.5. The average molecular weight is 504 g/mol. The fraction of sp³-hybridized carbons (Fsp3) is 0.391. The molecule has 4 rings (SSSR count). The summed E-state index contributed by atoms with van der Waals surface area (Å²) in [5.74, 6) is -2.15. The largest absolute Gasteiger partial charge is 0.462 e. The molecule has 0 unspecified atom stereocenters. The molecule has 11 heteroatoms. The number of amides is 1. The number of nitrogens with zero attached hydrogens (tertiary/aromatic N) is 2. The van der Waals surface area contributed by atoms with E-state index in [1.165, 1.54) is 11.3 Å². The highest BCUT2D eigenvalue weighted by atomic mass is 32.2. The van der Waals surface area contributed by atoms with Crippen LogP contribution in [-0.2, 0) is 32.2 Å². The van der Waals surface area contributed by atoms with Gasteiger partial charge in [-0.2, -0.15) is 0 Å².